The number of halogens is 1. The molecule has 3 rings (SSSR count). The van der Waals surface area contributed by atoms with Crippen molar-refractivity contribution in [3.63, 3.8) is 0 Å². The molecule has 1 radical (unpaired) electrons. The average molecular weight is 367 g/mol. The van der Waals surface area contributed by atoms with E-state index in [1.165, 1.54) is 35.3 Å². The third-order valence-electron chi connectivity index (χ3n) is 4.00. The van der Waals surface area contributed by atoms with E-state index in [4.69, 9.17) is 0 Å². The van der Waals surface area contributed by atoms with Crippen molar-refractivity contribution in [2.45, 2.75) is 0 Å². The highest BCUT2D eigenvalue weighted by atomic mass is 19.1. The van der Waals surface area contributed by atoms with Gasteiger partial charge < -0.3 is 10.2 Å². The summed E-state index contributed by atoms with van der Waals surface area (Å²) in [7, 11) is 3.82. The summed E-state index contributed by atoms with van der Waals surface area (Å²) in [6.07, 6.45) is 1.28. The number of rotatable bonds is 6. The van der Waals surface area contributed by atoms with E-state index in [1.54, 1.807) is 24.3 Å². The Labute approximate surface area is 156 Å². The van der Waals surface area contributed by atoms with Gasteiger partial charge in [0.1, 0.15) is 18.1 Å². The van der Waals surface area contributed by atoms with E-state index in [2.05, 4.69) is 10.3 Å². The Morgan fingerprint density at radius 1 is 1.19 bits per heavy atom. The van der Waals surface area contributed by atoms with Crippen LogP contribution in [-0.4, -0.2) is 47.5 Å². The Morgan fingerprint density at radius 3 is 2.59 bits per heavy atom. The van der Waals surface area contributed by atoms with Crippen LogP contribution < -0.4 is 10.9 Å². The number of hydrogen-bond donors (Lipinski definition) is 1. The minimum Gasteiger partial charge on any atom is -0.354 e. The lowest BCUT2D eigenvalue weighted by atomic mass is 10.2. The third kappa shape index (κ3) is 4.38. The largest absolute Gasteiger partial charge is 0.354 e. The lowest BCUT2D eigenvalue weighted by Crippen LogP contribution is -2.33. The van der Waals surface area contributed by atoms with Crippen LogP contribution in [0.3, 0.4) is 0 Å². The van der Waals surface area contributed by atoms with E-state index in [-0.39, 0.29) is 17.3 Å². The smallest absolute Gasteiger partial charge is 0.265 e. The monoisotopic (exact) mass is 367 g/mol. The molecule has 0 saturated carbocycles. The molecule has 7 heteroatoms. The molecule has 0 spiro atoms. The van der Waals surface area contributed by atoms with Gasteiger partial charge in [0.2, 0.25) is 5.91 Å². The molecule has 0 aliphatic carbocycles. The summed E-state index contributed by atoms with van der Waals surface area (Å²) in [5.41, 5.74) is 0.611. The molecule has 1 amide bonds. The summed E-state index contributed by atoms with van der Waals surface area (Å²) in [6, 6.07) is 12.4. The Hall–Kier alpha value is -3.06. The zero-order chi connectivity index (χ0) is 19.4. The number of carbonyl (C=O) groups excluding carboxylic acids is 1. The van der Waals surface area contributed by atoms with Crippen LogP contribution in [0, 0.1) is 12.2 Å². The molecule has 0 atom stereocenters. The summed E-state index contributed by atoms with van der Waals surface area (Å²) in [5, 5.41) is 3.19. The quantitative estimate of drug-likeness (QED) is 0.721. The highest BCUT2D eigenvalue weighted by Gasteiger charge is 2.16. The van der Waals surface area contributed by atoms with Gasteiger partial charge in [0.25, 0.3) is 5.56 Å². The number of aromatic nitrogens is 2. The lowest BCUT2D eigenvalue weighted by molar-refractivity contribution is -0.117. The molecule has 0 fully saturated rings. The highest BCUT2D eigenvalue weighted by Crippen LogP contribution is 2.14. The van der Waals surface area contributed by atoms with Gasteiger partial charge in [0.15, 0.2) is 0 Å². The molecule has 1 N–H and O–H groups in total. The third-order valence-corrected chi connectivity index (χ3v) is 4.00. The molecule has 0 aliphatic rings. The molecule has 1 aromatic heterocycles. The Bertz CT molecular complexity index is 1010. The van der Waals surface area contributed by atoms with Gasteiger partial charge in [-0.1, -0.05) is 12.1 Å². The fraction of sp³-hybridized carbons (Fsp3) is 0.200. The normalized spacial score (nSPS) is 11.1. The Kier molecular flexibility index (Phi) is 5.61. The van der Waals surface area contributed by atoms with Crippen molar-refractivity contribution >= 4 is 16.8 Å². The van der Waals surface area contributed by atoms with Crippen molar-refractivity contribution in [2.24, 2.45) is 0 Å². The number of carbonyl (C=O) groups is 1. The number of benzene rings is 2. The van der Waals surface area contributed by atoms with Crippen molar-refractivity contribution in [2.75, 3.05) is 27.2 Å². The van der Waals surface area contributed by atoms with Crippen molar-refractivity contribution in [3.05, 3.63) is 76.9 Å². The molecule has 0 saturated heterocycles. The average Bonchev–Trinajstić information content (AvgIpc) is 2.63. The second kappa shape index (κ2) is 8.09. The molecule has 2 aromatic carbocycles. The van der Waals surface area contributed by atoms with Crippen LogP contribution in [0.1, 0.15) is 5.82 Å². The van der Waals surface area contributed by atoms with E-state index >= 15 is 0 Å². The van der Waals surface area contributed by atoms with Crippen LogP contribution in [-0.2, 0) is 4.79 Å². The second-order valence-corrected chi connectivity index (χ2v) is 6.34. The maximum absolute atomic E-state index is 13.3. The van der Waals surface area contributed by atoms with Crippen LogP contribution in [0.2, 0.25) is 0 Å². The summed E-state index contributed by atoms with van der Waals surface area (Å²) in [4.78, 5) is 31.7. The predicted octanol–water partition coefficient (Wildman–Crippen LogP) is 1.75. The van der Waals surface area contributed by atoms with Crippen molar-refractivity contribution in [3.8, 4) is 5.69 Å². The SMILES string of the molecule is CN(C)CCNC(=O)[CH]c1nc2ccccc2c(=O)n1-c1ccc(F)cc1. The van der Waals surface area contributed by atoms with Gasteiger partial charge >= 0.3 is 0 Å². The minimum absolute atomic E-state index is 0.188. The molecule has 0 unspecified atom stereocenters. The van der Waals surface area contributed by atoms with Crippen molar-refractivity contribution in [1.29, 1.82) is 0 Å². The van der Waals surface area contributed by atoms with Crippen molar-refractivity contribution in [1.82, 2.24) is 19.8 Å². The number of nitrogens with one attached hydrogen (secondary N) is 1. The van der Waals surface area contributed by atoms with Gasteiger partial charge in [-0.2, -0.15) is 0 Å². The fourth-order valence-corrected chi connectivity index (χ4v) is 2.66. The molecular weight excluding hydrogens is 347 g/mol. The molecule has 1 heterocycles. The second-order valence-electron chi connectivity index (χ2n) is 6.34. The molecule has 0 aliphatic heterocycles. The van der Waals surface area contributed by atoms with Crippen molar-refractivity contribution < 1.29 is 9.18 Å². The number of likely N-dealkylation sites (N-methyl/N-ethyl adjacent to an activating group) is 1. The number of nitrogens with zero attached hydrogens (tertiary/aromatic N) is 3. The zero-order valence-corrected chi connectivity index (χ0v) is 15.1. The van der Waals surface area contributed by atoms with Gasteiger partial charge in [-0.05, 0) is 50.5 Å². The molecular formula is C20H20FN4O2. The molecule has 3 aromatic rings. The Balaban J connectivity index is 2.02. The van der Waals surface area contributed by atoms with E-state index in [0.717, 1.165) is 0 Å². The van der Waals surface area contributed by atoms with Gasteiger partial charge in [0.05, 0.1) is 16.6 Å². The first-order valence-electron chi connectivity index (χ1n) is 8.51. The van der Waals surface area contributed by atoms with Gasteiger partial charge in [-0.15, -0.1) is 0 Å². The van der Waals surface area contributed by atoms with E-state index in [0.29, 0.717) is 29.7 Å². The van der Waals surface area contributed by atoms with E-state index in [9.17, 15) is 14.0 Å². The van der Waals surface area contributed by atoms with Gasteiger partial charge in [-0.25, -0.2) is 9.37 Å². The first-order valence-corrected chi connectivity index (χ1v) is 8.51. The molecule has 6 nitrogen and oxygen atoms in total. The van der Waals surface area contributed by atoms with Crippen LogP contribution in [0.4, 0.5) is 4.39 Å². The summed E-state index contributed by atoms with van der Waals surface area (Å²) in [5.74, 6) is -0.574. The Morgan fingerprint density at radius 2 is 1.89 bits per heavy atom. The van der Waals surface area contributed by atoms with Gasteiger partial charge in [0, 0.05) is 13.1 Å². The number of hydrogen-bond acceptors (Lipinski definition) is 4. The van der Waals surface area contributed by atoms with E-state index in [1.807, 2.05) is 19.0 Å². The summed E-state index contributed by atoms with van der Waals surface area (Å²) in [6.45, 7) is 1.16. The molecule has 27 heavy (non-hydrogen) atoms. The standard InChI is InChI=1S/C20H20FN4O2/c1-24(2)12-11-22-19(26)13-18-23-17-6-4-3-5-16(17)20(27)25(18)15-9-7-14(21)8-10-15/h3-10,13H,11-12H2,1-2H3,(H,22,26). The van der Waals surface area contributed by atoms with Crippen LogP contribution in [0.25, 0.3) is 16.6 Å². The number of para-hydroxylation sites is 1. The van der Waals surface area contributed by atoms with Crippen LogP contribution >= 0.6 is 0 Å². The molecule has 139 valence electrons. The highest BCUT2D eigenvalue weighted by molar-refractivity contribution is 5.88. The first kappa shape index (κ1) is 18.7. The summed E-state index contributed by atoms with van der Waals surface area (Å²) >= 11 is 0. The maximum Gasteiger partial charge on any atom is 0.265 e. The van der Waals surface area contributed by atoms with Crippen LogP contribution in [0.5, 0.6) is 0 Å². The number of amides is 1. The number of fused-ring (bicyclic) bond motifs is 1. The maximum atomic E-state index is 13.3. The topological polar surface area (TPSA) is 67.2 Å². The van der Waals surface area contributed by atoms with Crippen LogP contribution in [0.15, 0.2) is 53.3 Å². The van der Waals surface area contributed by atoms with Gasteiger partial charge in [-0.3, -0.25) is 14.2 Å². The molecule has 0 bridgehead atoms. The summed E-state index contributed by atoms with van der Waals surface area (Å²) < 4.78 is 14.6. The minimum atomic E-state index is -0.410. The fourth-order valence-electron chi connectivity index (χ4n) is 2.66. The zero-order valence-electron chi connectivity index (χ0n) is 15.1. The predicted molar refractivity (Wildman–Crippen MR) is 102 cm³/mol. The van der Waals surface area contributed by atoms with E-state index < -0.39 is 5.82 Å². The lowest BCUT2D eigenvalue weighted by Gasteiger charge is -2.14. The first-order chi connectivity index (χ1) is 13.0.